The largest absolute Gasteiger partial charge is 0.317 e. The summed E-state index contributed by atoms with van der Waals surface area (Å²) < 4.78 is 13.0. The van der Waals surface area contributed by atoms with Gasteiger partial charge in [-0.1, -0.05) is 18.2 Å². The van der Waals surface area contributed by atoms with E-state index in [1.54, 1.807) is 12.3 Å². The van der Waals surface area contributed by atoms with Gasteiger partial charge in [0.15, 0.2) is 0 Å². The first-order valence-electron chi connectivity index (χ1n) is 6.33. The Hall–Kier alpha value is -2.33. The molecule has 0 aliphatic heterocycles. The number of hydrogen-bond acceptors (Lipinski definition) is 3. The third-order valence-corrected chi connectivity index (χ3v) is 3.47. The molecule has 100 valence electrons. The summed E-state index contributed by atoms with van der Waals surface area (Å²) in [7, 11) is 0. The highest BCUT2D eigenvalue weighted by atomic mass is 19.1. The van der Waals surface area contributed by atoms with Gasteiger partial charge in [-0.3, -0.25) is 9.97 Å². The molecule has 3 aromatic rings. The van der Waals surface area contributed by atoms with Crippen LogP contribution in [-0.4, -0.2) is 9.97 Å². The molecule has 4 heteroatoms. The van der Waals surface area contributed by atoms with Crippen LogP contribution in [0, 0.1) is 5.82 Å². The number of rotatable bonds is 2. The van der Waals surface area contributed by atoms with Crippen molar-refractivity contribution in [3.63, 3.8) is 0 Å². The summed E-state index contributed by atoms with van der Waals surface area (Å²) in [4.78, 5) is 8.41. The fraction of sp³-hybridized carbons (Fsp3) is 0.125. The zero-order chi connectivity index (χ0) is 14.2. The van der Waals surface area contributed by atoms with Crippen LogP contribution in [0.1, 0.15) is 18.2 Å². The first kappa shape index (κ1) is 12.7. The number of aromatic nitrogens is 2. The van der Waals surface area contributed by atoms with E-state index in [0.29, 0.717) is 5.69 Å². The summed E-state index contributed by atoms with van der Waals surface area (Å²) in [5.41, 5.74) is 7.99. The maximum atomic E-state index is 13.0. The lowest BCUT2D eigenvalue weighted by Crippen LogP contribution is -2.35. The SMILES string of the molecule is CC(N)(c1ccc2cccnc2c1)c1ccc(F)cn1. The van der Waals surface area contributed by atoms with Crippen LogP contribution in [0.15, 0.2) is 54.9 Å². The van der Waals surface area contributed by atoms with E-state index in [1.165, 1.54) is 12.3 Å². The average molecular weight is 267 g/mol. The van der Waals surface area contributed by atoms with Crippen LogP contribution in [0.2, 0.25) is 0 Å². The van der Waals surface area contributed by atoms with E-state index < -0.39 is 5.54 Å². The lowest BCUT2D eigenvalue weighted by molar-refractivity contribution is 0.568. The molecule has 0 spiro atoms. The molecular formula is C16H14FN3. The number of pyridine rings is 2. The predicted octanol–water partition coefficient (Wildman–Crippen LogP) is 2.99. The van der Waals surface area contributed by atoms with Crippen molar-refractivity contribution in [2.45, 2.75) is 12.5 Å². The number of fused-ring (bicyclic) bond motifs is 1. The molecule has 1 unspecified atom stereocenters. The third kappa shape index (κ3) is 2.14. The molecule has 0 amide bonds. The molecule has 0 radical (unpaired) electrons. The summed E-state index contributed by atoms with van der Waals surface area (Å²) in [6, 6.07) is 12.7. The summed E-state index contributed by atoms with van der Waals surface area (Å²) in [6.07, 6.45) is 2.93. The predicted molar refractivity (Wildman–Crippen MR) is 76.6 cm³/mol. The van der Waals surface area contributed by atoms with Gasteiger partial charge in [0.05, 0.1) is 22.9 Å². The van der Waals surface area contributed by atoms with E-state index in [0.717, 1.165) is 16.5 Å². The van der Waals surface area contributed by atoms with Crippen LogP contribution in [0.4, 0.5) is 4.39 Å². The van der Waals surface area contributed by atoms with Crippen molar-refractivity contribution in [2.24, 2.45) is 5.73 Å². The van der Waals surface area contributed by atoms with Gasteiger partial charge >= 0.3 is 0 Å². The molecular weight excluding hydrogens is 253 g/mol. The molecule has 2 aromatic heterocycles. The maximum absolute atomic E-state index is 13.0. The van der Waals surface area contributed by atoms with Crippen LogP contribution in [0.5, 0.6) is 0 Å². The zero-order valence-corrected chi connectivity index (χ0v) is 11.0. The van der Waals surface area contributed by atoms with Crippen LogP contribution < -0.4 is 5.73 Å². The number of halogens is 1. The first-order valence-corrected chi connectivity index (χ1v) is 6.33. The van der Waals surface area contributed by atoms with Gasteiger partial charge in [-0.2, -0.15) is 0 Å². The van der Waals surface area contributed by atoms with E-state index in [4.69, 9.17) is 5.73 Å². The lowest BCUT2D eigenvalue weighted by atomic mass is 9.88. The Morgan fingerprint density at radius 3 is 2.70 bits per heavy atom. The second-order valence-corrected chi connectivity index (χ2v) is 4.97. The van der Waals surface area contributed by atoms with Gasteiger partial charge in [0.25, 0.3) is 0 Å². The fourth-order valence-corrected chi connectivity index (χ4v) is 2.22. The third-order valence-electron chi connectivity index (χ3n) is 3.47. The van der Waals surface area contributed by atoms with Crippen molar-refractivity contribution in [2.75, 3.05) is 0 Å². The molecule has 1 aromatic carbocycles. The van der Waals surface area contributed by atoms with Crippen molar-refractivity contribution in [1.29, 1.82) is 0 Å². The highest BCUT2D eigenvalue weighted by Gasteiger charge is 2.25. The van der Waals surface area contributed by atoms with Crippen LogP contribution in [0.3, 0.4) is 0 Å². The smallest absolute Gasteiger partial charge is 0.141 e. The highest BCUT2D eigenvalue weighted by molar-refractivity contribution is 5.79. The van der Waals surface area contributed by atoms with E-state index in [1.807, 2.05) is 37.3 Å². The Kier molecular flexibility index (Phi) is 2.95. The van der Waals surface area contributed by atoms with Gasteiger partial charge < -0.3 is 5.73 Å². The van der Waals surface area contributed by atoms with Gasteiger partial charge in [0.1, 0.15) is 5.82 Å². The van der Waals surface area contributed by atoms with E-state index in [2.05, 4.69) is 9.97 Å². The Labute approximate surface area is 116 Å². The van der Waals surface area contributed by atoms with Crippen molar-refractivity contribution in [3.05, 3.63) is 71.9 Å². The lowest BCUT2D eigenvalue weighted by Gasteiger charge is -2.24. The normalized spacial score (nSPS) is 14.2. The molecule has 0 saturated carbocycles. The number of benzene rings is 1. The van der Waals surface area contributed by atoms with Gasteiger partial charge in [-0.25, -0.2) is 4.39 Å². The molecule has 0 bridgehead atoms. The molecule has 2 N–H and O–H groups in total. The minimum absolute atomic E-state index is 0.371. The van der Waals surface area contributed by atoms with Crippen molar-refractivity contribution in [3.8, 4) is 0 Å². The summed E-state index contributed by atoms with van der Waals surface area (Å²) in [5.74, 6) is -0.371. The standard InChI is InChI=1S/C16H14FN3/c1-16(18,15-7-6-13(17)10-20-15)12-5-4-11-3-2-8-19-14(11)9-12/h2-10H,18H2,1H3. The average Bonchev–Trinajstić information content (AvgIpc) is 2.47. The molecule has 0 aliphatic carbocycles. The molecule has 0 saturated heterocycles. The van der Waals surface area contributed by atoms with Gasteiger partial charge in [-0.05, 0) is 36.8 Å². The molecule has 0 fully saturated rings. The summed E-state index contributed by atoms with van der Waals surface area (Å²) in [6.45, 7) is 1.86. The van der Waals surface area contributed by atoms with Crippen LogP contribution in [0.25, 0.3) is 10.9 Å². The highest BCUT2D eigenvalue weighted by Crippen LogP contribution is 2.27. The zero-order valence-electron chi connectivity index (χ0n) is 11.0. The molecule has 20 heavy (non-hydrogen) atoms. The Bertz CT molecular complexity index is 751. The van der Waals surface area contributed by atoms with E-state index >= 15 is 0 Å². The van der Waals surface area contributed by atoms with Gasteiger partial charge in [-0.15, -0.1) is 0 Å². The van der Waals surface area contributed by atoms with Crippen LogP contribution >= 0.6 is 0 Å². The Morgan fingerprint density at radius 1 is 1.10 bits per heavy atom. The molecule has 3 nitrogen and oxygen atoms in total. The second kappa shape index (κ2) is 4.65. The first-order chi connectivity index (χ1) is 9.57. The van der Waals surface area contributed by atoms with Crippen molar-refractivity contribution < 1.29 is 4.39 Å². The van der Waals surface area contributed by atoms with Gasteiger partial charge in [0.2, 0.25) is 0 Å². The minimum atomic E-state index is -0.792. The summed E-state index contributed by atoms with van der Waals surface area (Å²) in [5, 5.41) is 1.05. The van der Waals surface area contributed by atoms with E-state index in [9.17, 15) is 4.39 Å². The number of hydrogen-bond donors (Lipinski definition) is 1. The van der Waals surface area contributed by atoms with Gasteiger partial charge in [0, 0.05) is 11.6 Å². The summed E-state index contributed by atoms with van der Waals surface area (Å²) >= 11 is 0. The fourth-order valence-electron chi connectivity index (χ4n) is 2.22. The Morgan fingerprint density at radius 2 is 1.95 bits per heavy atom. The second-order valence-electron chi connectivity index (χ2n) is 4.97. The number of nitrogens with two attached hydrogens (primary N) is 1. The molecule has 1 atom stereocenters. The van der Waals surface area contributed by atoms with Crippen LogP contribution in [-0.2, 0) is 5.54 Å². The molecule has 3 rings (SSSR count). The molecule has 2 heterocycles. The molecule has 0 aliphatic rings. The van der Waals surface area contributed by atoms with Crippen molar-refractivity contribution >= 4 is 10.9 Å². The van der Waals surface area contributed by atoms with Crippen molar-refractivity contribution in [1.82, 2.24) is 9.97 Å². The quantitative estimate of drug-likeness (QED) is 0.776. The van der Waals surface area contributed by atoms with E-state index in [-0.39, 0.29) is 5.82 Å². The Balaban J connectivity index is 2.10. The monoisotopic (exact) mass is 267 g/mol. The topological polar surface area (TPSA) is 51.8 Å². The number of nitrogens with zero attached hydrogens (tertiary/aromatic N) is 2. The minimum Gasteiger partial charge on any atom is -0.317 e. The maximum Gasteiger partial charge on any atom is 0.141 e.